The molecule has 3 saturated heterocycles. The molecule has 0 saturated carbocycles. The summed E-state index contributed by atoms with van der Waals surface area (Å²) in [6.07, 6.45) is 11.5. The fourth-order valence-corrected chi connectivity index (χ4v) is 17.5. The zero-order valence-electron chi connectivity index (χ0n) is 54.8. The van der Waals surface area contributed by atoms with Gasteiger partial charge in [0.25, 0.3) is 36.0 Å². The molecule has 0 aliphatic carbocycles. The highest BCUT2D eigenvalue weighted by atomic mass is 35.5. The van der Waals surface area contributed by atoms with Crippen molar-refractivity contribution in [3.05, 3.63) is 190 Å². The number of rotatable bonds is 19. The second-order valence-corrected chi connectivity index (χ2v) is 32.4. The molecule has 0 radical (unpaired) electrons. The van der Waals surface area contributed by atoms with Gasteiger partial charge in [-0.15, -0.1) is 34.0 Å². The molecule has 14 rings (SSSR count). The van der Waals surface area contributed by atoms with Crippen LogP contribution in [0.4, 0.5) is 37.2 Å². The number of nitrogens with zero attached hydrogens (tertiary/aromatic N) is 14. The predicted molar refractivity (Wildman–Crippen MR) is 406 cm³/mol. The van der Waals surface area contributed by atoms with Crippen LogP contribution < -0.4 is 33.6 Å². The number of ether oxygens (including phenoxy) is 1. The van der Waals surface area contributed by atoms with Gasteiger partial charge in [0.05, 0.1) is 21.1 Å². The monoisotopic (exact) mass is 1580 g/mol. The van der Waals surface area contributed by atoms with Gasteiger partial charge in [0.15, 0.2) is 21.5 Å². The quantitative estimate of drug-likeness (QED) is 0.0677. The zero-order valence-corrected chi connectivity index (χ0v) is 62.0. The maximum Gasteiger partial charge on any atom is 0.265 e. The van der Waals surface area contributed by atoms with Crippen LogP contribution in [0.2, 0.25) is 15.1 Å². The van der Waals surface area contributed by atoms with Crippen LogP contribution in [0.3, 0.4) is 0 Å². The smallest absolute Gasteiger partial charge is 0.265 e. The first kappa shape index (κ1) is 73.5. The zero-order chi connectivity index (χ0) is 72.6. The number of carbonyl (C=O) groups excluding carboxylic acids is 3. The molecule has 546 valence electrons. The van der Waals surface area contributed by atoms with Crippen LogP contribution in [0.25, 0.3) is 21.8 Å². The number of anilines is 6. The minimum absolute atomic E-state index is 0. The van der Waals surface area contributed by atoms with E-state index >= 15 is 0 Å². The number of halogens is 4. The van der Waals surface area contributed by atoms with E-state index in [4.69, 9.17) is 39.5 Å². The summed E-state index contributed by atoms with van der Waals surface area (Å²) in [7, 11) is -11.3. The Labute approximate surface area is 625 Å². The standard InChI is InChI=1S/C23H23FN6O3S2.C22H21ClN6O3S2.C21H21Cl2N5O4S2.4H2/c1-16(30-9-7-17-3-2-4-19(24)21(17)30)22(31)29-12-10-28(11-13-29)20-6-5-18(15-26-20)35(32,33)27-23-25-8-14-34-23;23-18-3-1-2-16-6-8-29(21(16)18)15-20(30)28-11-9-27(10-12-28)19-5-4-17(14-25-19)34(31,32)26-22-24-7-13-33-22;1-14(32-18-4-2-15(22)12-17(18)23)20(29)28-9-7-27(8-10-28)19-5-3-16(13-25-19)34(30,31)26-21-24-6-11-33-21;;;;/h2-9,14-16H,10-13H2,1H3,(H,25,27);1-8,13-14H,9-12,15H2,(H,24,26);2-6,11-14H,7-10H2,1H3,(H,24,26);4*1H/t16-;;14-;;;;/m0.1..../s1. The Hall–Kier alpha value is -9.26. The number of hydrogen-bond donors (Lipinski definition) is 3. The van der Waals surface area contributed by atoms with Crippen LogP contribution in [0.5, 0.6) is 5.75 Å². The SMILES string of the molecule is C[C@@H](C(=O)N1CCN(c2ccc(S(=O)(=O)Nc3nccs3)cn2)CC1)n1ccc2cccc(F)c21.C[C@@H](Oc1ccc(Cl)cc1Cl)C(=O)N1CCN(c2ccc(S(=O)(=O)Nc3nccs3)cn2)CC1.O=C(Cn1ccc2cccc(Cl)c21)N1CCN(c2ccc(S(=O)(=O)Nc3nccs3)cn2)CC1.[HH].[HH].[HH].[HH]. The molecule has 3 fully saturated rings. The third-order valence-electron chi connectivity index (χ3n) is 16.9. The number of sulfonamides is 3. The minimum Gasteiger partial charge on any atom is -0.479 e. The Kier molecular flexibility index (Phi) is 23.0. The van der Waals surface area contributed by atoms with Crippen molar-refractivity contribution in [2.45, 2.75) is 47.2 Å². The van der Waals surface area contributed by atoms with Crippen LogP contribution in [-0.2, 0) is 51.0 Å². The fraction of sp³-hybridized carbons (Fsp3) is 0.258. The lowest BCUT2D eigenvalue weighted by atomic mass is 10.2. The topological polar surface area (TPSA) is 306 Å². The van der Waals surface area contributed by atoms with Crippen LogP contribution in [0.1, 0.15) is 25.6 Å². The number of hydrogen-bond acceptors (Lipinski definition) is 22. The van der Waals surface area contributed by atoms with Gasteiger partial charge in [-0.3, -0.25) is 28.5 Å². The number of amides is 3. The first-order chi connectivity index (χ1) is 49.5. The number of aromatic nitrogens is 8. The van der Waals surface area contributed by atoms with Gasteiger partial charge >= 0.3 is 0 Å². The summed E-state index contributed by atoms with van der Waals surface area (Å²) in [5, 5.41) is 9.17. The van der Waals surface area contributed by atoms with Crippen LogP contribution >= 0.6 is 68.8 Å². The molecule has 8 aromatic heterocycles. The van der Waals surface area contributed by atoms with Crippen molar-refractivity contribution >= 4 is 171 Å². The molecule has 0 unspecified atom stereocenters. The van der Waals surface area contributed by atoms with Gasteiger partial charge in [-0.05, 0) is 92.7 Å². The summed E-state index contributed by atoms with van der Waals surface area (Å²) in [6, 6.07) is 28.2. The molecule has 0 spiro atoms. The van der Waals surface area contributed by atoms with Crippen LogP contribution in [0, 0.1) is 5.82 Å². The van der Waals surface area contributed by atoms with E-state index in [2.05, 4.69) is 44.1 Å². The fourth-order valence-electron chi connectivity index (χ4n) is 11.5. The highest BCUT2D eigenvalue weighted by Crippen LogP contribution is 2.31. The first-order valence-electron chi connectivity index (χ1n) is 31.8. The number of fused-ring (bicyclic) bond motifs is 2. The highest BCUT2D eigenvalue weighted by Gasteiger charge is 2.31. The molecule has 27 nitrogen and oxygen atoms in total. The predicted octanol–water partition coefficient (Wildman–Crippen LogP) is 11.4. The minimum atomic E-state index is -3.77. The van der Waals surface area contributed by atoms with Gasteiger partial charge in [-0.25, -0.2) is 59.5 Å². The number of pyridine rings is 3. The van der Waals surface area contributed by atoms with E-state index in [1.807, 2.05) is 66.8 Å². The van der Waals surface area contributed by atoms with Crippen molar-refractivity contribution < 1.29 is 54.5 Å². The molecule has 11 heterocycles. The number of piperazine rings is 3. The average molecular weight is 1580 g/mol. The maximum absolute atomic E-state index is 14.4. The normalized spacial score (nSPS) is 15.0. The Balaban J connectivity index is 0.000000199. The lowest BCUT2D eigenvalue weighted by Crippen LogP contribution is -2.52. The van der Waals surface area contributed by atoms with Crippen molar-refractivity contribution in [1.29, 1.82) is 0 Å². The summed E-state index contributed by atoms with van der Waals surface area (Å²) in [5.74, 6) is 1.79. The molecule has 3 aromatic carbocycles. The highest BCUT2D eigenvalue weighted by molar-refractivity contribution is 7.93. The molecule has 37 heteroatoms. The molecule has 0 bridgehead atoms. The van der Waals surface area contributed by atoms with E-state index < -0.39 is 42.2 Å². The molecule has 3 aliphatic rings. The largest absolute Gasteiger partial charge is 0.479 e. The van der Waals surface area contributed by atoms with Crippen molar-refractivity contribution in [2.24, 2.45) is 0 Å². The lowest BCUT2D eigenvalue weighted by Gasteiger charge is -2.36. The number of para-hydroxylation sites is 2. The molecular weight excluding hydrogens is 1510 g/mol. The number of benzene rings is 3. The molecule has 3 aliphatic heterocycles. The van der Waals surface area contributed by atoms with Crippen molar-refractivity contribution in [2.75, 3.05) is 107 Å². The molecule has 3 amide bonds. The summed E-state index contributed by atoms with van der Waals surface area (Å²) in [5.41, 5.74) is 1.29. The summed E-state index contributed by atoms with van der Waals surface area (Å²) in [4.78, 5) is 75.2. The van der Waals surface area contributed by atoms with E-state index in [0.29, 0.717) is 138 Å². The third kappa shape index (κ3) is 17.7. The Bertz CT molecular complexity index is 5150. The average Bonchev–Trinajstić information content (AvgIpc) is 1.56. The van der Waals surface area contributed by atoms with E-state index in [0.717, 1.165) is 16.3 Å². The summed E-state index contributed by atoms with van der Waals surface area (Å²) < 4.78 is 106. The van der Waals surface area contributed by atoms with Crippen LogP contribution in [0.15, 0.2) is 184 Å². The number of nitrogens with one attached hydrogen (secondary N) is 3. The number of carbonyl (C=O) groups is 3. The molecule has 103 heavy (non-hydrogen) atoms. The molecule has 11 aromatic rings. The lowest BCUT2D eigenvalue weighted by molar-refractivity contribution is -0.138. The van der Waals surface area contributed by atoms with Crippen molar-refractivity contribution in [1.82, 2.24) is 53.7 Å². The van der Waals surface area contributed by atoms with E-state index in [-0.39, 0.29) is 50.5 Å². The number of thiazole rings is 3. The summed E-state index contributed by atoms with van der Waals surface area (Å²) in [6.45, 7) is 10.1. The van der Waals surface area contributed by atoms with Gasteiger partial charge in [0.1, 0.15) is 56.3 Å². The van der Waals surface area contributed by atoms with Gasteiger partial charge in [-0.2, -0.15) is 0 Å². The van der Waals surface area contributed by atoms with Gasteiger partial charge in [0.2, 0.25) is 11.8 Å². The van der Waals surface area contributed by atoms with E-state index in [9.17, 15) is 44.0 Å². The second-order valence-electron chi connectivity index (χ2n) is 23.4. The van der Waals surface area contributed by atoms with E-state index in [1.54, 1.807) is 93.0 Å². The van der Waals surface area contributed by atoms with Crippen molar-refractivity contribution in [3.8, 4) is 5.75 Å². The van der Waals surface area contributed by atoms with Gasteiger partial charge < -0.3 is 43.3 Å². The molecule has 2 atom stereocenters. The summed E-state index contributed by atoms with van der Waals surface area (Å²) >= 11 is 22.0. The van der Waals surface area contributed by atoms with E-state index in [1.165, 1.54) is 95.5 Å². The first-order valence-corrected chi connectivity index (χ1v) is 40.0. The molecule has 3 N–H and O–H groups in total. The van der Waals surface area contributed by atoms with Gasteiger partial charge in [0, 0.05) is 166 Å². The van der Waals surface area contributed by atoms with Gasteiger partial charge in [-0.1, -0.05) is 59.1 Å². The van der Waals surface area contributed by atoms with Crippen molar-refractivity contribution in [3.63, 3.8) is 0 Å². The Morgan fingerprint density at radius 3 is 1.39 bits per heavy atom. The Morgan fingerprint density at radius 1 is 0.515 bits per heavy atom. The molecular formula is C66H73Cl3FN17O10S6. The Morgan fingerprint density at radius 2 is 0.951 bits per heavy atom. The third-order valence-corrected chi connectivity index (χ3v) is 24.2. The second kappa shape index (κ2) is 32.2. The maximum atomic E-state index is 14.4. The van der Waals surface area contributed by atoms with Crippen LogP contribution in [-0.4, -0.2) is 181 Å².